The van der Waals surface area contributed by atoms with Crippen molar-refractivity contribution in [2.75, 3.05) is 27.8 Å². The number of amides is 1. The molecular weight excluding hydrogens is 498 g/mol. The molecule has 0 fully saturated rings. The molecule has 2 atom stereocenters. The summed E-state index contributed by atoms with van der Waals surface area (Å²) < 4.78 is 12.5. The van der Waals surface area contributed by atoms with E-state index in [4.69, 9.17) is 26.1 Å². The first-order valence-electron chi connectivity index (χ1n) is 12.1. The van der Waals surface area contributed by atoms with Crippen LogP contribution in [0.15, 0.2) is 107 Å². The Labute approximate surface area is 227 Å². The van der Waals surface area contributed by atoms with E-state index < -0.39 is 11.5 Å². The number of carbonyl (C=O) groups excluding carboxylic acids is 1. The van der Waals surface area contributed by atoms with E-state index in [9.17, 15) is 10.1 Å². The van der Waals surface area contributed by atoms with Crippen molar-refractivity contribution in [1.82, 2.24) is 4.90 Å². The lowest BCUT2D eigenvalue weighted by Gasteiger charge is -2.45. The van der Waals surface area contributed by atoms with Crippen LogP contribution in [0.25, 0.3) is 0 Å². The molecule has 1 heterocycles. The Kier molecular flexibility index (Phi) is 6.90. The molecule has 0 aromatic heterocycles. The monoisotopic (exact) mass is 523 g/mol. The number of halogens is 1. The molecule has 3 aromatic rings. The lowest BCUT2D eigenvalue weighted by Crippen LogP contribution is -2.48. The number of fused-ring (bicyclic) bond motifs is 1. The molecule has 0 radical (unpaired) electrons. The van der Waals surface area contributed by atoms with Gasteiger partial charge in [-0.3, -0.25) is 9.79 Å². The van der Waals surface area contributed by atoms with Crippen LogP contribution in [0.1, 0.15) is 22.3 Å². The molecule has 0 saturated heterocycles. The third-order valence-corrected chi connectivity index (χ3v) is 7.43. The predicted octanol–water partition coefficient (Wildman–Crippen LogP) is 5.27. The minimum atomic E-state index is -0.935. The van der Waals surface area contributed by atoms with Crippen LogP contribution in [-0.2, 0) is 19.7 Å². The topological polar surface area (TPSA) is 74.9 Å². The zero-order valence-electron chi connectivity index (χ0n) is 21.3. The number of hydrogen-bond acceptors (Lipinski definition) is 5. The molecule has 5 rings (SSSR count). The summed E-state index contributed by atoms with van der Waals surface area (Å²) in [7, 11) is 5.01. The summed E-state index contributed by atoms with van der Waals surface area (Å²) >= 11 is 6.31. The highest BCUT2D eigenvalue weighted by atomic mass is 35.5. The Bertz CT molecular complexity index is 1520. The van der Waals surface area contributed by atoms with Crippen LogP contribution >= 0.6 is 11.6 Å². The second kappa shape index (κ2) is 10.3. The fourth-order valence-electron chi connectivity index (χ4n) is 5.42. The van der Waals surface area contributed by atoms with Gasteiger partial charge in [-0.15, -0.1) is 0 Å². The molecular formula is C31H26ClN3O3. The number of rotatable bonds is 5. The zero-order valence-corrected chi connectivity index (χ0v) is 22.1. The summed E-state index contributed by atoms with van der Waals surface area (Å²) in [4.78, 5) is 19.5. The number of ether oxygens (including phenoxy) is 2. The van der Waals surface area contributed by atoms with Crippen LogP contribution in [0.3, 0.4) is 0 Å². The maximum atomic E-state index is 13.1. The number of hydrogen-bond donors (Lipinski definition) is 0. The molecule has 1 aliphatic heterocycles. The summed E-state index contributed by atoms with van der Waals surface area (Å²) in [5.41, 5.74) is 4.01. The Hall–Kier alpha value is -4.18. The minimum absolute atomic E-state index is 0.0443. The van der Waals surface area contributed by atoms with E-state index >= 15 is 0 Å². The zero-order chi connectivity index (χ0) is 26.9. The Morgan fingerprint density at radius 3 is 2.39 bits per heavy atom. The van der Waals surface area contributed by atoms with E-state index in [-0.39, 0.29) is 12.5 Å². The Morgan fingerprint density at radius 1 is 1.03 bits per heavy atom. The van der Waals surface area contributed by atoms with Gasteiger partial charge in [0.1, 0.15) is 17.7 Å². The molecule has 2 unspecified atom stereocenters. The van der Waals surface area contributed by atoms with Gasteiger partial charge in [-0.05, 0) is 41.5 Å². The molecule has 1 amide bonds. The van der Waals surface area contributed by atoms with Crippen molar-refractivity contribution < 1.29 is 14.3 Å². The van der Waals surface area contributed by atoms with Gasteiger partial charge in [0, 0.05) is 24.7 Å². The van der Waals surface area contributed by atoms with Crippen LogP contribution in [-0.4, -0.2) is 50.4 Å². The van der Waals surface area contributed by atoms with E-state index in [1.165, 1.54) is 0 Å². The first-order valence-corrected chi connectivity index (χ1v) is 12.5. The molecule has 7 heteroatoms. The van der Waals surface area contributed by atoms with Gasteiger partial charge in [0.15, 0.2) is 0 Å². The number of aliphatic imine (C=N–C) groups is 1. The van der Waals surface area contributed by atoms with Gasteiger partial charge in [-0.25, -0.2) is 0 Å². The van der Waals surface area contributed by atoms with Crippen molar-refractivity contribution >= 4 is 23.2 Å². The fraction of sp³-hybridized carbons (Fsp3) is 0.194. The van der Waals surface area contributed by atoms with E-state index in [2.05, 4.69) is 6.07 Å². The highest BCUT2D eigenvalue weighted by molar-refractivity contribution is 6.30. The highest BCUT2D eigenvalue weighted by Gasteiger charge is 2.52. The SMILES string of the molecule is COC1=C2C(=CC(OC)C1(c1ccccc1)c1ccc(Cl)cc1)N(C)C(=O)CN=C2c1cccc(C#N)c1. The molecule has 0 saturated carbocycles. The summed E-state index contributed by atoms with van der Waals surface area (Å²) in [6.07, 6.45) is 1.42. The highest BCUT2D eigenvalue weighted by Crippen LogP contribution is 2.50. The molecule has 0 spiro atoms. The van der Waals surface area contributed by atoms with Gasteiger partial charge in [-0.2, -0.15) is 5.26 Å². The average Bonchev–Trinajstić information content (AvgIpc) is 3.08. The normalized spacial score (nSPS) is 21.2. The van der Waals surface area contributed by atoms with Crippen molar-refractivity contribution in [1.29, 1.82) is 5.26 Å². The van der Waals surface area contributed by atoms with Crippen LogP contribution in [0.4, 0.5) is 0 Å². The molecule has 38 heavy (non-hydrogen) atoms. The molecule has 1 aliphatic carbocycles. The van der Waals surface area contributed by atoms with E-state index in [1.54, 1.807) is 38.3 Å². The molecule has 3 aromatic carbocycles. The average molecular weight is 524 g/mol. The van der Waals surface area contributed by atoms with E-state index in [0.29, 0.717) is 33.3 Å². The van der Waals surface area contributed by atoms with Gasteiger partial charge in [0.25, 0.3) is 0 Å². The Balaban J connectivity index is 1.92. The van der Waals surface area contributed by atoms with Gasteiger partial charge in [0.05, 0.1) is 41.8 Å². The quantitative estimate of drug-likeness (QED) is 0.456. The molecule has 0 N–H and O–H groups in total. The van der Waals surface area contributed by atoms with Crippen molar-refractivity contribution in [2.24, 2.45) is 4.99 Å². The molecule has 6 nitrogen and oxygen atoms in total. The summed E-state index contributed by atoms with van der Waals surface area (Å²) in [5.74, 6) is 0.419. The Morgan fingerprint density at radius 2 is 1.74 bits per heavy atom. The first-order chi connectivity index (χ1) is 18.4. The van der Waals surface area contributed by atoms with Gasteiger partial charge < -0.3 is 14.4 Å². The van der Waals surface area contributed by atoms with Crippen molar-refractivity contribution in [3.05, 3.63) is 129 Å². The number of likely N-dealkylation sites (N-methyl/N-ethyl adjacent to an activating group) is 1. The number of benzene rings is 3. The molecule has 0 bridgehead atoms. The minimum Gasteiger partial charge on any atom is -0.499 e. The van der Waals surface area contributed by atoms with Gasteiger partial charge in [-0.1, -0.05) is 66.2 Å². The number of nitriles is 1. The fourth-order valence-corrected chi connectivity index (χ4v) is 5.55. The second-order valence-corrected chi connectivity index (χ2v) is 9.54. The van der Waals surface area contributed by atoms with Crippen LogP contribution < -0.4 is 0 Å². The largest absolute Gasteiger partial charge is 0.499 e. The lowest BCUT2D eigenvalue weighted by molar-refractivity contribution is -0.126. The standard InChI is InChI=1S/C31H26ClN3O3/c1-35-25-17-26(37-2)31(22-10-5-4-6-11-22,23-12-14-24(32)15-13-23)30(38-3)28(25)29(34-19-27(35)36)21-9-7-8-20(16-21)18-33/h4-17,26H,19H2,1-3H3. The summed E-state index contributed by atoms with van der Waals surface area (Å²) in [6.45, 7) is -0.0443. The van der Waals surface area contributed by atoms with Gasteiger partial charge in [0.2, 0.25) is 5.91 Å². The molecule has 190 valence electrons. The van der Waals surface area contributed by atoms with Crippen LogP contribution in [0, 0.1) is 11.3 Å². The van der Waals surface area contributed by atoms with Crippen molar-refractivity contribution in [3.63, 3.8) is 0 Å². The smallest absolute Gasteiger partial charge is 0.248 e. The van der Waals surface area contributed by atoms with E-state index in [1.807, 2.05) is 72.8 Å². The van der Waals surface area contributed by atoms with E-state index in [0.717, 1.165) is 16.7 Å². The third kappa shape index (κ3) is 4.01. The maximum Gasteiger partial charge on any atom is 0.248 e. The number of allylic oxidation sites excluding steroid dienone is 1. The van der Waals surface area contributed by atoms with Crippen molar-refractivity contribution in [2.45, 2.75) is 11.5 Å². The number of methoxy groups -OCH3 is 2. The van der Waals surface area contributed by atoms with Crippen LogP contribution in [0.5, 0.6) is 0 Å². The predicted molar refractivity (Wildman–Crippen MR) is 147 cm³/mol. The summed E-state index contributed by atoms with van der Waals surface area (Å²) in [6, 6.07) is 27.1. The second-order valence-electron chi connectivity index (χ2n) is 9.11. The summed E-state index contributed by atoms with van der Waals surface area (Å²) in [5, 5.41) is 10.2. The van der Waals surface area contributed by atoms with Gasteiger partial charge >= 0.3 is 0 Å². The number of nitrogens with zero attached hydrogens (tertiary/aromatic N) is 3. The third-order valence-electron chi connectivity index (χ3n) is 7.17. The van der Waals surface area contributed by atoms with Crippen molar-refractivity contribution in [3.8, 4) is 6.07 Å². The van der Waals surface area contributed by atoms with Crippen LogP contribution in [0.2, 0.25) is 5.02 Å². The maximum absolute atomic E-state index is 13.1. The first kappa shape index (κ1) is 25.5. The number of carbonyl (C=O) groups is 1. The lowest BCUT2D eigenvalue weighted by atomic mass is 9.64. The molecule has 2 aliphatic rings.